The summed E-state index contributed by atoms with van der Waals surface area (Å²) in [6.45, 7) is 0.483. The lowest BCUT2D eigenvalue weighted by molar-refractivity contribution is -0.0116. The van der Waals surface area contributed by atoms with Crippen LogP contribution >= 0.6 is 0 Å². The van der Waals surface area contributed by atoms with Crippen LogP contribution < -0.4 is 11.1 Å². The molecule has 9 heteroatoms. The molecule has 0 amide bonds. The summed E-state index contributed by atoms with van der Waals surface area (Å²) in [6.07, 6.45) is 6.89. The monoisotopic (exact) mass is 538 g/mol. The van der Waals surface area contributed by atoms with Crippen LogP contribution in [-0.2, 0) is 16.8 Å². The zero-order chi connectivity index (χ0) is 27.6. The average Bonchev–Trinajstić information content (AvgIpc) is 2.93. The highest BCUT2D eigenvalue weighted by Gasteiger charge is 2.37. The van der Waals surface area contributed by atoms with Crippen molar-refractivity contribution < 1.29 is 22.7 Å². The van der Waals surface area contributed by atoms with Crippen molar-refractivity contribution in [3.63, 3.8) is 0 Å². The zero-order valence-corrected chi connectivity index (χ0v) is 21.9. The van der Waals surface area contributed by atoms with E-state index >= 15 is 13.2 Å². The van der Waals surface area contributed by atoms with Gasteiger partial charge in [-0.05, 0) is 78.5 Å². The maximum absolute atomic E-state index is 16.0. The van der Waals surface area contributed by atoms with Crippen molar-refractivity contribution in [3.8, 4) is 11.3 Å². The van der Waals surface area contributed by atoms with Gasteiger partial charge in [-0.15, -0.1) is 0 Å². The molecule has 1 aliphatic carbocycles. The Balaban J connectivity index is 1.56. The fourth-order valence-electron chi connectivity index (χ4n) is 6.22. The van der Waals surface area contributed by atoms with E-state index in [1.54, 1.807) is 18.5 Å². The molecule has 2 aromatic heterocycles. The average molecular weight is 539 g/mol. The van der Waals surface area contributed by atoms with Crippen LogP contribution in [0.3, 0.4) is 0 Å². The number of nitrogens with zero attached hydrogens (tertiary/aromatic N) is 2. The molecule has 0 radical (unpaired) electrons. The lowest BCUT2D eigenvalue weighted by Crippen LogP contribution is -2.33. The van der Waals surface area contributed by atoms with Crippen LogP contribution in [-0.4, -0.2) is 42.6 Å². The van der Waals surface area contributed by atoms with Gasteiger partial charge in [-0.25, -0.2) is 18.2 Å². The topological polar surface area (TPSA) is 90.1 Å². The number of aromatic nitrogens is 2. The molecule has 6 nitrogen and oxygen atoms in total. The van der Waals surface area contributed by atoms with E-state index in [9.17, 15) is 4.79 Å². The molecule has 3 heterocycles. The first-order chi connectivity index (χ1) is 18.8. The van der Waals surface area contributed by atoms with Crippen LogP contribution in [0.25, 0.3) is 11.3 Å². The summed E-state index contributed by atoms with van der Waals surface area (Å²) in [5.41, 5.74) is 7.20. The number of alkyl halides is 1. The Labute approximate surface area is 226 Å². The zero-order valence-electron chi connectivity index (χ0n) is 21.9. The number of aldehydes is 1. The number of hydrogen-bond acceptors (Lipinski definition) is 6. The Bertz CT molecular complexity index is 1350. The second-order valence-electron chi connectivity index (χ2n) is 10.7. The normalized spacial score (nSPS) is 22.8. The molecule has 2 fully saturated rings. The highest BCUT2D eigenvalue weighted by atomic mass is 19.1. The van der Waals surface area contributed by atoms with Gasteiger partial charge in [-0.2, -0.15) is 0 Å². The van der Waals surface area contributed by atoms with Gasteiger partial charge in [0, 0.05) is 50.9 Å². The summed E-state index contributed by atoms with van der Waals surface area (Å²) in [5.74, 6) is -1.32. The molecule has 5 rings (SSSR count). The Hall–Kier alpha value is -3.30. The standard InChI is InChI=1S/C30H33F3N4O2/c1-35-27-16-36-7-4-24(27)19-10-18(12-22(34)14-19)11-20-13-21(30(33)5-8-39-9-6-30)15-26(32)28(20)29-25(31)3-2-23(17-38)37-29/h2-4,7,13,15-19,22,35H,5-6,8-12,14,34H2,1H3. The molecule has 0 bridgehead atoms. The minimum absolute atomic E-state index is 0.00995. The quantitative estimate of drug-likeness (QED) is 0.375. The van der Waals surface area contributed by atoms with E-state index in [2.05, 4.69) is 15.3 Å². The van der Waals surface area contributed by atoms with Gasteiger partial charge in [0.2, 0.25) is 0 Å². The Kier molecular flexibility index (Phi) is 8.00. The number of halogens is 3. The Morgan fingerprint density at radius 3 is 2.67 bits per heavy atom. The van der Waals surface area contributed by atoms with E-state index in [-0.39, 0.29) is 66.4 Å². The number of nitrogens with two attached hydrogens (primary N) is 1. The van der Waals surface area contributed by atoms with Crippen molar-refractivity contribution in [3.05, 3.63) is 76.7 Å². The maximum Gasteiger partial charge on any atom is 0.168 e. The largest absolute Gasteiger partial charge is 0.387 e. The van der Waals surface area contributed by atoms with Gasteiger partial charge >= 0.3 is 0 Å². The fraction of sp³-hybridized carbons (Fsp3) is 0.433. The number of pyridine rings is 2. The third kappa shape index (κ3) is 5.70. The van der Waals surface area contributed by atoms with E-state index in [0.717, 1.165) is 36.2 Å². The molecule has 3 aromatic rings. The molecule has 0 spiro atoms. The molecular weight excluding hydrogens is 505 g/mol. The van der Waals surface area contributed by atoms with Crippen molar-refractivity contribution >= 4 is 12.0 Å². The first-order valence-corrected chi connectivity index (χ1v) is 13.4. The minimum atomic E-state index is -1.74. The van der Waals surface area contributed by atoms with Gasteiger partial charge in [0.25, 0.3) is 0 Å². The van der Waals surface area contributed by atoms with Crippen LogP contribution in [0.15, 0.2) is 42.7 Å². The van der Waals surface area contributed by atoms with Gasteiger partial charge in [-0.1, -0.05) is 6.07 Å². The summed E-state index contributed by atoms with van der Waals surface area (Å²) in [5, 5.41) is 3.19. The van der Waals surface area contributed by atoms with Gasteiger partial charge in [0.1, 0.15) is 28.7 Å². The number of hydrogen-bond donors (Lipinski definition) is 2. The molecule has 3 unspecified atom stereocenters. The van der Waals surface area contributed by atoms with Crippen molar-refractivity contribution in [2.24, 2.45) is 11.7 Å². The van der Waals surface area contributed by atoms with Gasteiger partial charge in [0.15, 0.2) is 6.29 Å². The van der Waals surface area contributed by atoms with Crippen molar-refractivity contribution in [1.29, 1.82) is 0 Å². The van der Waals surface area contributed by atoms with Crippen LogP contribution in [0, 0.1) is 17.6 Å². The predicted octanol–water partition coefficient (Wildman–Crippen LogP) is 5.70. The second-order valence-corrected chi connectivity index (χ2v) is 10.7. The van der Waals surface area contributed by atoms with Crippen LogP contribution in [0.4, 0.5) is 18.9 Å². The van der Waals surface area contributed by atoms with E-state index < -0.39 is 17.3 Å². The molecule has 39 heavy (non-hydrogen) atoms. The number of anilines is 1. The summed E-state index contributed by atoms with van der Waals surface area (Å²) < 4.78 is 52.2. The van der Waals surface area contributed by atoms with Gasteiger partial charge in [0.05, 0.1) is 11.9 Å². The minimum Gasteiger partial charge on any atom is -0.387 e. The first-order valence-electron chi connectivity index (χ1n) is 13.4. The van der Waals surface area contributed by atoms with Crippen molar-refractivity contribution in [2.75, 3.05) is 25.6 Å². The van der Waals surface area contributed by atoms with Crippen molar-refractivity contribution in [2.45, 2.75) is 56.2 Å². The smallest absolute Gasteiger partial charge is 0.168 e. The molecular formula is C30H33F3N4O2. The summed E-state index contributed by atoms with van der Waals surface area (Å²) in [7, 11) is 1.85. The lowest BCUT2D eigenvalue weighted by atomic mass is 9.73. The number of carbonyl (C=O) groups excluding carboxylic acids is 1. The molecule has 206 valence electrons. The SMILES string of the molecule is CNc1cnccc1C1CC(N)CC(Cc2cc(C3(F)CCOCC3)cc(F)c2-c2nc(C=O)ccc2F)C1. The number of benzene rings is 1. The lowest BCUT2D eigenvalue weighted by Gasteiger charge is -2.35. The molecule has 1 aromatic carbocycles. The Morgan fingerprint density at radius 1 is 1.13 bits per heavy atom. The number of carbonyl (C=O) groups is 1. The molecule has 2 aliphatic rings. The second kappa shape index (κ2) is 11.4. The maximum atomic E-state index is 16.0. The summed E-state index contributed by atoms with van der Waals surface area (Å²) in [6, 6.07) is 7.05. The predicted molar refractivity (Wildman–Crippen MR) is 143 cm³/mol. The van der Waals surface area contributed by atoms with E-state index in [1.807, 2.05) is 13.1 Å². The number of nitrogens with one attached hydrogen (secondary N) is 1. The molecule has 3 N–H and O–H groups in total. The molecule has 1 saturated carbocycles. The number of rotatable bonds is 7. The van der Waals surface area contributed by atoms with Gasteiger partial charge < -0.3 is 15.8 Å². The Morgan fingerprint density at radius 2 is 1.92 bits per heavy atom. The fourth-order valence-corrected chi connectivity index (χ4v) is 6.22. The third-order valence-electron chi connectivity index (χ3n) is 8.11. The van der Waals surface area contributed by atoms with Gasteiger partial charge in [-0.3, -0.25) is 9.78 Å². The van der Waals surface area contributed by atoms with Crippen LogP contribution in [0.1, 0.15) is 65.2 Å². The van der Waals surface area contributed by atoms with Crippen LogP contribution in [0.2, 0.25) is 0 Å². The van der Waals surface area contributed by atoms with Crippen molar-refractivity contribution in [1.82, 2.24) is 9.97 Å². The third-order valence-corrected chi connectivity index (χ3v) is 8.11. The van der Waals surface area contributed by atoms with Crippen LogP contribution in [0.5, 0.6) is 0 Å². The highest BCUT2D eigenvalue weighted by molar-refractivity contribution is 5.75. The molecule has 3 atom stereocenters. The molecule has 1 aliphatic heterocycles. The number of ether oxygens (including phenoxy) is 1. The van der Waals surface area contributed by atoms with E-state index in [4.69, 9.17) is 10.5 Å². The van der Waals surface area contributed by atoms with E-state index in [1.165, 1.54) is 6.07 Å². The first kappa shape index (κ1) is 27.3. The van der Waals surface area contributed by atoms with E-state index in [0.29, 0.717) is 24.7 Å². The molecule has 1 saturated heterocycles. The summed E-state index contributed by atoms with van der Waals surface area (Å²) in [4.78, 5) is 19.7. The highest BCUT2D eigenvalue weighted by Crippen LogP contribution is 2.43. The summed E-state index contributed by atoms with van der Waals surface area (Å²) >= 11 is 0.